The minimum Gasteiger partial charge on any atom is -0.497 e. The second kappa shape index (κ2) is 16.3. The van der Waals surface area contributed by atoms with Gasteiger partial charge in [0, 0.05) is 37.5 Å². The van der Waals surface area contributed by atoms with Crippen molar-refractivity contribution in [3.63, 3.8) is 0 Å². The van der Waals surface area contributed by atoms with Crippen molar-refractivity contribution >= 4 is 39.1 Å². The molecule has 0 aliphatic carbocycles. The molecule has 43 heavy (non-hydrogen) atoms. The Morgan fingerprint density at radius 1 is 0.977 bits per heavy atom. The molecule has 0 aromatic heterocycles. The standard InChI is InChI=1S/C33H42ClN3O5S/c1-5-6-19-35-33(39)31(22-26-12-8-7-9-13-26)36(24-27-14-10-15-29(21-27)42-3)32(38)16-11-20-37(43(4,40)41)30-23-28(34)18-17-25(30)2/h7-10,12-15,17-18,21,23,31H,5-6,11,16,19-20,22,24H2,1-4H3,(H,35,39)/t31-/m1/s1. The summed E-state index contributed by atoms with van der Waals surface area (Å²) in [6, 6.07) is 21.4. The van der Waals surface area contributed by atoms with Gasteiger partial charge in [0.05, 0.1) is 19.1 Å². The molecule has 0 unspecified atom stereocenters. The molecule has 0 aliphatic heterocycles. The lowest BCUT2D eigenvalue weighted by Crippen LogP contribution is -2.50. The Balaban J connectivity index is 1.91. The Bertz CT molecular complexity index is 1470. The van der Waals surface area contributed by atoms with Crippen LogP contribution in [0.15, 0.2) is 72.8 Å². The largest absolute Gasteiger partial charge is 0.497 e. The summed E-state index contributed by atoms with van der Waals surface area (Å²) in [5, 5.41) is 3.44. The molecule has 3 rings (SSSR count). The van der Waals surface area contributed by atoms with E-state index in [-0.39, 0.29) is 37.7 Å². The van der Waals surface area contributed by atoms with Crippen molar-refractivity contribution in [3.05, 3.63) is 94.5 Å². The fraction of sp³-hybridized carbons (Fsp3) is 0.394. The number of hydrogen-bond donors (Lipinski definition) is 1. The van der Waals surface area contributed by atoms with Crippen LogP contribution in [-0.4, -0.2) is 57.6 Å². The van der Waals surface area contributed by atoms with Crippen molar-refractivity contribution in [1.82, 2.24) is 10.2 Å². The highest BCUT2D eigenvalue weighted by molar-refractivity contribution is 7.92. The molecule has 232 valence electrons. The van der Waals surface area contributed by atoms with E-state index in [1.54, 1.807) is 30.2 Å². The van der Waals surface area contributed by atoms with Gasteiger partial charge >= 0.3 is 0 Å². The normalized spacial score (nSPS) is 11.9. The third-order valence-electron chi connectivity index (χ3n) is 7.18. The molecule has 2 amide bonds. The van der Waals surface area contributed by atoms with Crippen molar-refractivity contribution in [1.29, 1.82) is 0 Å². The van der Waals surface area contributed by atoms with Gasteiger partial charge in [0.25, 0.3) is 0 Å². The zero-order chi connectivity index (χ0) is 31.4. The van der Waals surface area contributed by atoms with Crippen molar-refractivity contribution in [3.8, 4) is 5.75 Å². The van der Waals surface area contributed by atoms with E-state index in [1.807, 2.05) is 61.5 Å². The summed E-state index contributed by atoms with van der Waals surface area (Å²) in [5.74, 6) is 0.184. The molecule has 1 atom stereocenters. The average Bonchev–Trinajstić information content (AvgIpc) is 2.98. The highest BCUT2D eigenvalue weighted by atomic mass is 35.5. The lowest BCUT2D eigenvalue weighted by atomic mass is 10.0. The first kappa shape index (κ1) is 33.9. The minimum atomic E-state index is -3.64. The number of nitrogens with one attached hydrogen (secondary N) is 1. The number of aryl methyl sites for hydroxylation is 1. The van der Waals surface area contributed by atoms with Gasteiger partial charge in [0.15, 0.2) is 0 Å². The molecule has 8 nitrogen and oxygen atoms in total. The fourth-order valence-electron chi connectivity index (χ4n) is 4.86. The summed E-state index contributed by atoms with van der Waals surface area (Å²) in [5.41, 5.74) is 2.99. The quantitative estimate of drug-likeness (QED) is 0.204. The maximum atomic E-state index is 14.0. The molecule has 0 fully saturated rings. The number of halogens is 1. The van der Waals surface area contributed by atoms with Crippen molar-refractivity contribution in [2.24, 2.45) is 0 Å². The molecule has 0 radical (unpaired) electrons. The number of unbranched alkanes of at least 4 members (excludes halogenated alkanes) is 1. The summed E-state index contributed by atoms with van der Waals surface area (Å²) < 4.78 is 32.2. The Labute approximate surface area is 261 Å². The molecular weight excluding hydrogens is 586 g/mol. The van der Waals surface area contributed by atoms with Gasteiger partial charge in [0.1, 0.15) is 11.8 Å². The molecule has 0 spiro atoms. The van der Waals surface area contributed by atoms with Crippen LogP contribution in [0.4, 0.5) is 5.69 Å². The van der Waals surface area contributed by atoms with Crippen LogP contribution in [0.1, 0.15) is 49.3 Å². The number of anilines is 1. The number of rotatable bonds is 16. The zero-order valence-electron chi connectivity index (χ0n) is 25.4. The number of carbonyl (C=O) groups excluding carboxylic acids is 2. The van der Waals surface area contributed by atoms with Crippen LogP contribution in [-0.2, 0) is 32.6 Å². The average molecular weight is 628 g/mol. The predicted octanol–water partition coefficient (Wildman–Crippen LogP) is 5.76. The topological polar surface area (TPSA) is 96.0 Å². The Kier molecular flexibility index (Phi) is 12.9. The Morgan fingerprint density at radius 3 is 2.37 bits per heavy atom. The highest BCUT2D eigenvalue weighted by Gasteiger charge is 2.30. The molecule has 0 saturated carbocycles. The van der Waals surface area contributed by atoms with Gasteiger partial charge in [0.2, 0.25) is 21.8 Å². The zero-order valence-corrected chi connectivity index (χ0v) is 27.0. The summed E-state index contributed by atoms with van der Waals surface area (Å²) in [7, 11) is -2.06. The monoisotopic (exact) mass is 627 g/mol. The number of sulfonamides is 1. The number of amides is 2. The number of ether oxygens (including phenoxy) is 1. The van der Waals surface area contributed by atoms with Gasteiger partial charge in [-0.05, 0) is 60.7 Å². The lowest BCUT2D eigenvalue weighted by Gasteiger charge is -2.32. The van der Waals surface area contributed by atoms with Gasteiger partial charge in [-0.2, -0.15) is 0 Å². The van der Waals surface area contributed by atoms with Crippen LogP contribution in [0.25, 0.3) is 0 Å². The number of hydrogen-bond acceptors (Lipinski definition) is 5. The first-order valence-electron chi connectivity index (χ1n) is 14.5. The van der Waals surface area contributed by atoms with Gasteiger partial charge in [-0.3, -0.25) is 13.9 Å². The van der Waals surface area contributed by atoms with Gasteiger partial charge in [-0.15, -0.1) is 0 Å². The van der Waals surface area contributed by atoms with E-state index >= 15 is 0 Å². The van der Waals surface area contributed by atoms with Crippen molar-refractivity contribution in [2.75, 3.05) is 30.8 Å². The van der Waals surface area contributed by atoms with Gasteiger partial charge in [-0.1, -0.05) is 73.5 Å². The van der Waals surface area contributed by atoms with Crippen LogP contribution >= 0.6 is 11.6 Å². The summed E-state index contributed by atoms with van der Waals surface area (Å²) >= 11 is 6.18. The van der Waals surface area contributed by atoms with Crippen molar-refractivity contribution < 1.29 is 22.7 Å². The molecule has 3 aromatic rings. The molecule has 3 aromatic carbocycles. The fourth-order valence-corrected chi connectivity index (χ4v) is 6.04. The molecule has 0 bridgehead atoms. The van der Waals surface area contributed by atoms with Gasteiger partial charge in [-0.25, -0.2) is 8.42 Å². The predicted molar refractivity (Wildman–Crippen MR) is 173 cm³/mol. The van der Waals surface area contributed by atoms with Crippen LogP contribution < -0.4 is 14.4 Å². The van der Waals surface area contributed by atoms with E-state index in [1.165, 1.54) is 4.31 Å². The van der Waals surface area contributed by atoms with Crippen molar-refractivity contribution in [2.45, 2.75) is 58.5 Å². The van der Waals surface area contributed by atoms with E-state index in [0.717, 1.165) is 35.8 Å². The summed E-state index contributed by atoms with van der Waals surface area (Å²) in [6.07, 6.45) is 3.54. The number of methoxy groups -OCH3 is 1. The minimum absolute atomic E-state index is 0.0448. The molecule has 1 N–H and O–H groups in total. The SMILES string of the molecule is CCCCNC(=O)[C@@H](Cc1ccccc1)N(Cc1cccc(OC)c1)C(=O)CCCN(c1cc(Cl)ccc1C)S(C)(=O)=O. The van der Waals surface area contributed by atoms with E-state index in [4.69, 9.17) is 16.3 Å². The van der Waals surface area contributed by atoms with Crippen LogP contribution in [0, 0.1) is 6.92 Å². The van der Waals surface area contributed by atoms with E-state index in [0.29, 0.717) is 29.4 Å². The molecular formula is C33H42ClN3O5S. The van der Waals surface area contributed by atoms with Gasteiger partial charge < -0.3 is 15.0 Å². The number of benzene rings is 3. The number of nitrogens with zero attached hydrogens (tertiary/aromatic N) is 2. The second-order valence-electron chi connectivity index (χ2n) is 10.6. The first-order valence-corrected chi connectivity index (χ1v) is 16.7. The molecule has 10 heteroatoms. The van der Waals surface area contributed by atoms with E-state index in [2.05, 4.69) is 12.2 Å². The summed E-state index contributed by atoms with van der Waals surface area (Å²) in [4.78, 5) is 29.2. The maximum absolute atomic E-state index is 14.0. The van der Waals surface area contributed by atoms with E-state index < -0.39 is 16.1 Å². The highest BCUT2D eigenvalue weighted by Crippen LogP contribution is 2.27. The van der Waals surface area contributed by atoms with Crippen LogP contribution in [0.5, 0.6) is 5.75 Å². The Morgan fingerprint density at radius 2 is 1.70 bits per heavy atom. The summed E-state index contributed by atoms with van der Waals surface area (Å²) in [6.45, 7) is 4.67. The van der Waals surface area contributed by atoms with E-state index in [9.17, 15) is 18.0 Å². The Hall–Kier alpha value is -3.56. The first-order chi connectivity index (χ1) is 20.5. The molecule has 0 aliphatic rings. The maximum Gasteiger partial charge on any atom is 0.243 e. The smallest absolute Gasteiger partial charge is 0.243 e. The lowest BCUT2D eigenvalue weighted by molar-refractivity contribution is -0.141. The van der Waals surface area contributed by atoms with Crippen LogP contribution in [0.2, 0.25) is 5.02 Å². The van der Waals surface area contributed by atoms with Crippen LogP contribution in [0.3, 0.4) is 0 Å². The molecule has 0 heterocycles. The number of carbonyl (C=O) groups is 2. The second-order valence-corrected chi connectivity index (χ2v) is 12.9. The molecule has 0 saturated heterocycles. The third kappa shape index (κ3) is 10.3. The third-order valence-corrected chi connectivity index (χ3v) is 8.59.